The second-order valence-electron chi connectivity index (χ2n) is 10.5. The van der Waals surface area contributed by atoms with Crippen LogP contribution < -0.4 is 10.1 Å². The van der Waals surface area contributed by atoms with Gasteiger partial charge in [-0.1, -0.05) is 42.8 Å². The molecule has 43 heavy (non-hydrogen) atoms. The number of benzene rings is 1. The predicted molar refractivity (Wildman–Crippen MR) is 177 cm³/mol. The maximum atomic E-state index is 13.6. The Kier molecular flexibility index (Phi) is 15.1. The molecule has 4 rings (SSSR count). The zero-order valence-electron chi connectivity index (χ0n) is 25.6. The summed E-state index contributed by atoms with van der Waals surface area (Å²) in [5.41, 5.74) is 2.37. The van der Waals surface area contributed by atoms with Crippen molar-refractivity contribution in [2.24, 2.45) is 4.99 Å². The minimum absolute atomic E-state index is 0.136. The summed E-state index contributed by atoms with van der Waals surface area (Å²) in [5, 5.41) is 2.80. The number of aliphatic imine (C=N–C) groups is 1. The first kappa shape index (κ1) is 34.7. The second-order valence-corrected chi connectivity index (χ2v) is 12.7. The molecule has 2 bridgehead atoms. The van der Waals surface area contributed by atoms with Gasteiger partial charge in [-0.15, -0.1) is 6.58 Å². The SMILES string of the molecule is C=CC[C@@](C)(N=Cc1c2cnc(c1OCCOCC)CSCCCCCSC2)C(=O)N[C@@H](C)C(=O)OCc1ccccc1. The van der Waals surface area contributed by atoms with Crippen LogP contribution >= 0.6 is 23.5 Å². The average molecular weight is 628 g/mol. The summed E-state index contributed by atoms with van der Waals surface area (Å²) in [4.78, 5) is 35.9. The van der Waals surface area contributed by atoms with Gasteiger partial charge in [-0.2, -0.15) is 23.5 Å². The first-order chi connectivity index (χ1) is 20.9. The number of ether oxygens (including phenoxy) is 3. The third-order valence-electron chi connectivity index (χ3n) is 6.92. The Morgan fingerprint density at radius 2 is 1.88 bits per heavy atom. The van der Waals surface area contributed by atoms with Gasteiger partial charge in [-0.25, -0.2) is 4.79 Å². The van der Waals surface area contributed by atoms with Crippen LogP contribution in [-0.2, 0) is 37.2 Å². The van der Waals surface area contributed by atoms with E-state index < -0.39 is 23.5 Å². The highest BCUT2D eigenvalue weighted by Gasteiger charge is 2.33. The van der Waals surface area contributed by atoms with Crippen LogP contribution in [-0.4, -0.2) is 66.0 Å². The minimum atomic E-state index is -1.20. The molecule has 0 unspecified atom stereocenters. The summed E-state index contributed by atoms with van der Waals surface area (Å²) in [7, 11) is 0. The number of rotatable bonds is 14. The molecule has 2 aliphatic rings. The quantitative estimate of drug-likeness (QED) is 0.115. The summed E-state index contributed by atoms with van der Waals surface area (Å²) in [6.07, 6.45) is 9.18. The first-order valence-corrected chi connectivity index (χ1v) is 17.2. The van der Waals surface area contributed by atoms with Crippen LogP contribution in [0.3, 0.4) is 0 Å². The van der Waals surface area contributed by atoms with Gasteiger partial charge in [0.15, 0.2) is 5.75 Å². The van der Waals surface area contributed by atoms with Gasteiger partial charge in [0.25, 0.3) is 0 Å². The Bertz CT molecular complexity index is 1210. The van der Waals surface area contributed by atoms with E-state index in [9.17, 15) is 9.59 Å². The monoisotopic (exact) mass is 627 g/mol. The number of hydrogen-bond acceptors (Lipinski definition) is 9. The molecule has 10 heteroatoms. The number of amides is 1. The lowest BCUT2D eigenvalue weighted by atomic mass is 9.96. The van der Waals surface area contributed by atoms with Crippen LogP contribution in [0.25, 0.3) is 0 Å². The van der Waals surface area contributed by atoms with Gasteiger partial charge < -0.3 is 19.5 Å². The molecule has 0 spiro atoms. The molecule has 234 valence electrons. The number of nitrogens with zero attached hydrogens (tertiary/aromatic N) is 2. The third kappa shape index (κ3) is 11.3. The van der Waals surface area contributed by atoms with E-state index in [-0.39, 0.29) is 13.0 Å². The molecule has 0 aliphatic carbocycles. The number of hydrogen-bond donors (Lipinski definition) is 1. The van der Waals surface area contributed by atoms with Crippen molar-refractivity contribution in [3.05, 3.63) is 71.6 Å². The summed E-state index contributed by atoms with van der Waals surface area (Å²) >= 11 is 3.72. The molecular formula is C33H45N3O5S2. The number of pyridine rings is 1. The molecule has 1 amide bonds. The van der Waals surface area contributed by atoms with Gasteiger partial charge in [0.1, 0.15) is 24.8 Å². The van der Waals surface area contributed by atoms with Crippen LogP contribution in [0.5, 0.6) is 5.75 Å². The minimum Gasteiger partial charge on any atom is -0.489 e. The molecule has 0 saturated heterocycles. The van der Waals surface area contributed by atoms with Crippen molar-refractivity contribution in [2.45, 2.75) is 76.1 Å². The summed E-state index contributed by atoms with van der Waals surface area (Å²) in [6, 6.07) is 8.58. The normalized spacial score (nSPS) is 16.3. The van der Waals surface area contributed by atoms with Crippen LogP contribution in [0.1, 0.15) is 68.8 Å². The maximum absolute atomic E-state index is 13.6. The van der Waals surface area contributed by atoms with Crippen LogP contribution in [0.2, 0.25) is 0 Å². The Morgan fingerprint density at radius 1 is 1.14 bits per heavy atom. The summed E-state index contributed by atoms with van der Waals surface area (Å²) in [5.74, 6) is 3.41. The van der Waals surface area contributed by atoms with E-state index in [1.807, 2.05) is 67.0 Å². The van der Waals surface area contributed by atoms with E-state index in [0.29, 0.717) is 25.6 Å². The van der Waals surface area contributed by atoms with Gasteiger partial charge in [-0.3, -0.25) is 14.8 Å². The van der Waals surface area contributed by atoms with Gasteiger partial charge >= 0.3 is 5.97 Å². The third-order valence-corrected chi connectivity index (χ3v) is 9.06. The first-order valence-electron chi connectivity index (χ1n) is 14.9. The molecule has 1 N–H and O–H groups in total. The van der Waals surface area contributed by atoms with Gasteiger partial charge in [0, 0.05) is 36.1 Å². The van der Waals surface area contributed by atoms with Crippen LogP contribution in [0.4, 0.5) is 0 Å². The maximum Gasteiger partial charge on any atom is 0.328 e. The molecule has 0 radical (unpaired) electrons. The van der Waals surface area contributed by atoms with E-state index in [1.165, 1.54) is 19.3 Å². The average Bonchev–Trinajstić information content (AvgIpc) is 3.04. The lowest BCUT2D eigenvalue weighted by Crippen LogP contribution is -2.49. The molecule has 2 aliphatic heterocycles. The van der Waals surface area contributed by atoms with Crippen molar-refractivity contribution >= 4 is 41.6 Å². The molecule has 0 fully saturated rings. The molecule has 2 atom stereocenters. The highest BCUT2D eigenvalue weighted by molar-refractivity contribution is 7.98. The fourth-order valence-electron chi connectivity index (χ4n) is 4.35. The predicted octanol–water partition coefficient (Wildman–Crippen LogP) is 6.15. The van der Waals surface area contributed by atoms with Crippen molar-refractivity contribution in [1.29, 1.82) is 0 Å². The standard InChI is InChI=1S/C33H45N3O5S2/c1-5-15-33(4,32(38)36-25(3)31(37)41-22-26-13-9-7-10-14-26)35-21-28-27-20-34-29(30(28)40-17-16-39-6-2)24-43-19-12-8-11-18-42-23-27/h5,7,9-10,13-14,20-21,25H,1,6,8,11-12,15-19,22-24H2,2-4H3,(H,36,38)/t25-,33+/m0/s1. The molecule has 8 nitrogen and oxygen atoms in total. The van der Waals surface area contributed by atoms with Crippen molar-refractivity contribution < 1.29 is 23.8 Å². The van der Waals surface area contributed by atoms with Crippen LogP contribution in [0, 0.1) is 0 Å². The zero-order valence-corrected chi connectivity index (χ0v) is 27.3. The Labute approximate surface area is 264 Å². The molecule has 2 aromatic rings. The number of thioether (sulfide) groups is 2. The van der Waals surface area contributed by atoms with Crippen LogP contribution in [0.15, 0.2) is 54.2 Å². The fourth-order valence-corrected chi connectivity index (χ4v) is 6.30. The smallest absolute Gasteiger partial charge is 0.328 e. The van der Waals surface area contributed by atoms with E-state index in [0.717, 1.165) is 45.4 Å². The van der Waals surface area contributed by atoms with Crippen molar-refractivity contribution in [2.75, 3.05) is 31.3 Å². The molecule has 3 heterocycles. The van der Waals surface area contributed by atoms with Crippen molar-refractivity contribution in [3.8, 4) is 5.75 Å². The largest absolute Gasteiger partial charge is 0.489 e. The lowest BCUT2D eigenvalue weighted by molar-refractivity contribution is -0.149. The van der Waals surface area contributed by atoms with E-state index in [2.05, 4.69) is 11.9 Å². The number of fused-ring (bicyclic) bond motifs is 10. The van der Waals surface area contributed by atoms with E-state index in [4.69, 9.17) is 24.2 Å². The number of nitrogens with one attached hydrogen (secondary N) is 1. The van der Waals surface area contributed by atoms with Gasteiger partial charge in [-0.05, 0) is 62.7 Å². The summed E-state index contributed by atoms with van der Waals surface area (Å²) in [6.45, 7) is 10.8. The Hall–Kier alpha value is -2.82. The number of carbonyl (C=O) groups excluding carboxylic acids is 2. The topological polar surface area (TPSA) is 99.1 Å². The molecule has 1 aromatic carbocycles. The molecule has 1 aromatic heterocycles. The number of aromatic nitrogens is 1. The van der Waals surface area contributed by atoms with Crippen molar-refractivity contribution in [3.63, 3.8) is 0 Å². The van der Waals surface area contributed by atoms with Gasteiger partial charge in [0.05, 0.1) is 12.3 Å². The second kappa shape index (κ2) is 18.8. The molecule has 0 saturated carbocycles. The zero-order chi connectivity index (χ0) is 30.9. The fraction of sp³-hybridized carbons (Fsp3) is 0.515. The Balaban J connectivity index is 1.85. The van der Waals surface area contributed by atoms with E-state index >= 15 is 0 Å². The van der Waals surface area contributed by atoms with Crippen molar-refractivity contribution in [1.82, 2.24) is 10.3 Å². The lowest BCUT2D eigenvalue weighted by Gasteiger charge is -2.25. The van der Waals surface area contributed by atoms with E-state index in [1.54, 1.807) is 26.1 Å². The highest BCUT2D eigenvalue weighted by Crippen LogP contribution is 2.31. The number of esters is 1. The number of carbonyl (C=O) groups is 2. The van der Waals surface area contributed by atoms with Gasteiger partial charge in [0.2, 0.25) is 5.91 Å². The summed E-state index contributed by atoms with van der Waals surface area (Å²) < 4.78 is 17.2. The molecular weight excluding hydrogens is 583 g/mol. The highest BCUT2D eigenvalue weighted by atomic mass is 32.2. The Morgan fingerprint density at radius 3 is 2.60 bits per heavy atom.